The fourth-order valence-electron chi connectivity index (χ4n) is 1.43. The summed E-state index contributed by atoms with van der Waals surface area (Å²) in [6, 6.07) is 5.63. The molecule has 0 saturated heterocycles. The van der Waals surface area contributed by atoms with Gasteiger partial charge in [-0.3, -0.25) is 4.79 Å². The van der Waals surface area contributed by atoms with E-state index in [0.29, 0.717) is 0 Å². The number of carbonyl (C=O) groups is 1. The van der Waals surface area contributed by atoms with Gasteiger partial charge in [-0.05, 0) is 25.1 Å². The molecule has 0 spiro atoms. The fraction of sp³-hybridized carbons (Fsp3) is 0.273. The third-order valence-electron chi connectivity index (χ3n) is 2.15. The molecule has 0 aliphatic rings. The number of aromatic nitrogens is 1. The molecule has 0 saturated carbocycles. The van der Waals surface area contributed by atoms with Crippen LogP contribution in [0.15, 0.2) is 18.2 Å². The van der Waals surface area contributed by atoms with Gasteiger partial charge in [-0.1, -0.05) is 0 Å². The van der Waals surface area contributed by atoms with Crippen LogP contribution in [0.2, 0.25) is 0 Å². The van der Waals surface area contributed by atoms with E-state index in [9.17, 15) is 4.79 Å². The number of hydrogen-bond donors (Lipinski definition) is 0. The normalized spacial score (nSPS) is 10.6. The molecule has 0 N–H and O–H groups in total. The summed E-state index contributed by atoms with van der Waals surface area (Å²) in [7, 11) is 3.51. The van der Waals surface area contributed by atoms with Crippen LogP contribution in [0.5, 0.6) is 0 Å². The Morgan fingerprint density at radius 1 is 1.40 bits per heavy atom. The van der Waals surface area contributed by atoms with Gasteiger partial charge in [0.15, 0.2) is 0 Å². The summed E-state index contributed by atoms with van der Waals surface area (Å²) in [5, 5.41) is 1.03. The predicted molar refractivity (Wildman–Crippen MR) is 62.4 cm³/mol. The molecule has 1 heterocycles. The summed E-state index contributed by atoms with van der Waals surface area (Å²) in [5.74, 6) is 0.0305. The molecule has 15 heavy (non-hydrogen) atoms. The molecule has 2 aromatic rings. The Labute approximate surface area is 92.4 Å². The van der Waals surface area contributed by atoms with Gasteiger partial charge in [0.1, 0.15) is 0 Å². The highest BCUT2D eigenvalue weighted by Crippen LogP contribution is 2.22. The highest BCUT2D eigenvalue weighted by molar-refractivity contribution is 7.18. The summed E-state index contributed by atoms with van der Waals surface area (Å²) in [4.78, 5) is 17.6. The predicted octanol–water partition coefficient (Wildman–Crippen LogP) is 2.31. The number of benzene rings is 1. The molecule has 2 rings (SSSR count). The molecule has 0 aliphatic carbocycles. The Morgan fingerprint density at radius 3 is 2.80 bits per heavy atom. The average Bonchev–Trinajstić information content (AvgIpc) is 2.55. The maximum atomic E-state index is 11.7. The molecule has 1 aromatic heterocycles. The zero-order valence-electron chi connectivity index (χ0n) is 8.94. The minimum Gasteiger partial charge on any atom is -0.345 e. The molecule has 0 radical (unpaired) electrons. The highest BCUT2D eigenvalue weighted by atomic mass is 32.1. The molecule has 78 valence electrons. The summed E-state index contributed by atoms with van der Waals surface area (Å²) >= 11 is 1.61. The van der Waals surface area contributed by atoms with Crippen molar-refractivity contribution >= 4 is 27.5 Å². The van der Waals surface area contributed by atoms with Gasteiger partial charge in [-0.15, -0.1) is 11.3 Å². The summed E-state index contributed by atoms with van der Waals surface area (Å²) in [6.07, 6.45) is 0. The standard InChI is InChI=1S/C11H12N2OS/c1-7-12-9-5-4-8(6-10(9)15-7)11(14)13(2)3/h4-6H,1-3H3. The molecule has 0 fully saturated rings. The van der Waals surface area contributed by atoms with Crippen LogP contribution in [0.1, 0.15) is 15.4 Å². The van der Waals surface area contributed by atoms with Crippen LogP contribution >= 0.6 is 11.3 Å². The molecular weight excluding hydrogens is 208 g/mol. The first-order valence-electron chi connectivity index (χ1n) is 4.67. The maximum absolute atomic E-state index is 11.7. The smallest absolute Gasteiger partial charge is 0.253 e. The molecule has 1 aromatic carbocycles. The first-order chi connectivity index (χ1) is 7.08. The lowest BCUT2D eigenvalue weighted by Crippen LogP contribution is -2.21. The van der Waals surface area contributed by atoms with Crippen LogP contribution in [-0.2, 0) is 0 Å². The molecule has 0 unspecified atom stereocenters. The van der Waals surface area contributed by atoms with Crippen molar-refractivity contribution in [3.63, 3.8) is 0 Å². The molecule has 0 atom stereocenters. The number of fused-ring (bicyclic) bond motifs is 1. The van der Waals surface area contributed by atoms with E-state index in [2.05, 4.69) is 4.98 Å². The van der Waals surface area contributed by atoms with E-state index < -0.39 is 0 Å². The van der Waals surface area contributed by atoms with Crippen molar-refractivity contribution < 1.29 is 4.79 Å². The topological polar surface area (TPSA) is 33.2 Å². The van der Waals surface area contributed by atoms with Crippen molar-refractivity contribution in [1.29, 1.82) is 0 Å². The molecule has 1 amide bonds. The maximum Gasteiger partial charge on any atom is 0.253 e. The largest absolute Gasteiger partial charge is 0.345 e. The molecule has 0 aliphatic heterocycles. The molecule has 4 heteroatoms. The van der Waals surface area contributed by atoms with Gasteiger partial charge in [0.05, 0.1) is 15.2 Å². The Bertz CT molecular complexity index is 516. The molecule has 3 nitrogen and oxygen atoms in total. The SMILES string of the molecule is Cc1nc2ccc(C(=O)N(C)C)cc2s1. The van der Waals surface area contributed by atoms with Crippen LogP contribution < -0.4 is 0 Å². The van der Waals surface area contributed by atoms with Gasteiger partial charge in [-0.2, -0.15) is 0 Å². The second kappa shape index (κ2) is 3.62. The van der Waals surface area contributed by atoms with Crippen LogP contribution in [0.25, 0.3) is 10.2 Å². The lowest BCUT2D eigenvalue weighted by Gasteiger charge is -2.09. The summed E-state index contributed by atoms with van der Waals surface area (Å²) < 4.78 is 1.07. The third-order valence-corrected chi connectivity index (χ3v) is 3.08. The minimum absolute atomic E-state index is 0.0305. The number of aryl methyl sites for hydroxylation is 1. The van der Waals surface area contributed by atoms with Crippen molar-refractivity contribution in [1.82, 2.24) is 9.88 Å². The number of nitrogens with zero attached hydrogens (tertiary/aromatic N) is 2. The average molecular weight is 220 g/mol. The van der Waals surface area contributed by atoms with Gasteiger partial charge in [0.2, 0.25) is 0 Å². The Kier molecular flexibility index (Phi) is 2.44. The van der Waals surface area contributed by atoms with E-state index in [4.69, 9.17) is 0 Å². The van der Waals surface area contributed by atoms with E-state index in [1.165, 1.54) is 0 Å². The van der Waals surface area contributed by atoms with E-state index >= 15 is 0 Å². The van der Waals surface area contributed by atoms with Gasteiger partial charge >= 0.3 is 0 Å². The minimum atomic E-state index is 0.0305. The van der Waals surface area contributed by atoms with Gasteiger partial charge < -0.3 is 4.90 Å². The number of thiazole rings is 1. The number of amides is 1. The quantitative estimate of drug-likeness (QED) is 0.739. The van der Waals surface area contributed by atoms with E-state index in [1.807, 2.05) is 25.1 Å². The number of carbonyl (C=O) groups excluding carboxylic acids is 1. The van der Waals surface area contributed by atoms with E-state index in [0.717, 1.165) is 20.8 Å². The first kappa shape index (κ1) is 10.1. The zero-order valence-corrected chi connectivity index (χ0v) is 9.76. The third kappa shape index (κ3) is 1.85. The van der Waals surface area contributed by atoms with Crippen molar-refractivity contribution in [3.05, 3.63) is 28.8 Å². The van der Waals surface area contributed by atoms with E-state index in [1.54, 1.807) is 30.3 Å². The fourth-order valence-corrected chi connectivity index (χ4v) is 2.30. The van der Waals surface area contributed by atoms with Crippen LogP contribution in [0.3, 0.4) is 0 Å². The molecular formula is C11H12N2OS. The van der Waals surface area contributed by atoms with Crippen molar-refractivity contribution in [2.45, 2.75) is 6.92 Å². The zero-order chi connectivity index (χ0) is 11.0. The van der Waals surface area contributed by atoms with Crippen molar-refractivity contribution in [2.75, 3.05) is 14.1 Å². The number of rotatable bonds is 1. The summed E-state index contributed by atoms with van der Waals surface area (Å²) in [6.45, 7) is 1.97. The monoisotopic (exact) mass is 220 g/mol. The van der Waals surface area contributed by atoms with Gasteiger partial charge in [0.25, 0.3) is 5.91 Å². The van der Waals surface area contributed by atoms with Crippen LogP contribution in [0.4, 0.5) is 0 Å². The van der Waals surface area contributed by atoms with Gasteiger partial charge in [-0.25, -0.2) is 4.98 Å². The lowest BCUT2D eigenvalue weighted by atomic mass is 10.2. The van der Waals surface area contributed by atoms with E-state index in [-0.39, 0.29) is 5.91 Å². The second-order valence-corrected chi connectivity index (χ2v) is 4.85. The Balaban J connectivity index is 2.51. The Morgan fingerprint density at radius 2 is 2.13 bits per heavy atom. The van der Waals surface area contributed by atoms with Gasteiger partial charge in [0, 0.05) is 19.7 Å². The van der Waals surface area contributed by atoms with Crippen molar-refractivity contribution in [3.8, 4) is 0 Å². The first-order valence-corrected chi connectivity index (χ1v) is 5.48. The van der Waals surface area contributed by atoms with Crippen LogP contribution in [-0.4, -0.2) is 29.9 Å². The highest BCUT2D eigenvalue weighted by Gasteiger charge is 2.09. The Hall–Kier alpha value is -1.42. The lowest BCUT2D eigenvalue weighted by molar-refractivity contribution is 0.0828. The number of hydrogen-bond acceptors (Lipinski definition) is 3. The van der Waals surface area contributed by atoms with Crippen molar-refractivity contribution in [2.24, 2.45) is 0 Å². The molecule has 0 bridgehead atoms. The van der Waals surface area contributed by atoms with Crippen LogP contribution in [0, 0.1) is 6.92 Å². The summed E-state index contributed by atoms with van der Waals surface area (Å²) in [5.41, 5.74) is 1.68. The second-order valence-electron chi connectivity index (χ2n) is 3.61.